The molecule has 0 N–H and O–H groups in total. The predicted octanol–water partition coefficient (Wildman–Crippen LogP) is 5.29. The molecular weight excluding hydrogens is 259 g/mol. The van der Waals surface area contributed by atoms with Gasteiger partial charge in [0.1, 0.15) is 5.82 Å². The number of hydrogen-bond donors (Lipinski definition) is 0. The molecule has 0 bridgehead atoms. The molecule has 0 unspecified atom stereocenters. The van der Waals surface area contributed by atoms with Crippen molar-refractivity contribution >= 4 is 0 Å². The molecule has 0 heterocycles. The van der Waals surface area contributed by atoms with Crippen LogP contribution in [0.4, 0.5) is 4.39 Å². The highest BCUT2D eigenvalue weighted by Gasteiger charge is 2.16. The molecule has 1 aliphatic rings. The van der Waals surface area contributed by atoms with E-state index in [1.54, 1.807) is 12.1 Å². The molecule has 0 radical (unpaired) electrons. The summed E-state index contributed by atoms with van der Waals surface area (Å²) in [6.45, 7) is 5.88. The van der Waals surface area contributed by atoms with Gasteiger partial charge in [0.25, 0.3) is 0 Å². The molecule has 0 atom stereocenters. The maximum atomic E-state index is 13.8. The Kier molecular flexibility index (Phi) is 5.81. The van der Waals surface area contributed by atoms with Crippen molar-refractivity contribution in [1.29, 1.82) is 0 Å². The first kappa shape index (κ1) is 15.6. The van der Waals surface area contributed by atoms with Crippen molar-refractivity contribution in [3.8, 4) is 11.8 Å². The van der Waals surface area contributed by atoms with Gasteiger partial charge in [-0.25, -0.2) is 4.39 Å². The molecule has 0 nitrogen and oxygen atoms in total. The molecule has 21 heavy (non-hydrogen) atoms. The van der Waals surface area contributed by atoms with Crippen molar-refractivity contribution in [2.75, 3.05) is 0 Å². The Balaban J connectivity index is 1.91. The molecule has 2 rings (SSSR count). The molecule has 0 saturated heterocycles. The van der Waals surface area contributed by atoms with Gasteiger partial charge in [-0.05, 0) is 67.7 Å². The normalized spacial score (nSPS) is 21.8. The Bertz CT molecular complexity index is 563. The van der Waals surface area contributed by atoms with Crippen molar-refractivity contribution < 1.29 is 4.39 Å². The summed E-state index contributed by atoms with van der Waals surface area (Å²) in [5.74, 6) is 6.94. The van der Waals surface area contributed by atoms with Crippen LogP contribution in [0, 0.1) is 29.5 Å². The lowest BCUT2D eigenvalue weighted by Gasteiger charge is -2.23. The molecule has 1 aromatic carbocycles. The van der Waals surface area contributed by atoms with Crippen molar-refractivity contribution in [3.05, 3.63) is 60.0 Å². The maximum absolute atomic E-state index is 13.8. The number of aryl methyl sites for hydroxylation is 1. The minimum absolute atomic E-state index is 0.221. The van der Waals surface area contributed by atoms with E-state index in [0.717, 1.165) is 12.0 Å². The van der Waals surface area contributed by atoms with Gasteiger partial charge in [0.2, 0.25) is 0 Å². The first-order valence-corrected chi connectivity index (χ1v) is 7.82. The monoisotopic (exact) mass is 282 g/mol. The second-order valence-electron chi connectivity index (χ2n) is 5.71. The fourth-order valence-corrected chi connectivity index (χ4v) is 2.76. The second-order valence-corrected chi connectivity index (χ2v) is 5.71. The molecule has 0 aliphatic heterocycles. The van der Waals surface area contributed by atoms with E-state index in [0.29, 0.717) is 17.4 Å². The summed E-state index contributed by atoms with van der Waals surface area (Å²) in [5, 5.41) is 0. The van der Waals surface area contributed by atoms with Gasteiger partial charge in [-0.3, -0.25) is 0 Å². The SMILES string of the molecule is C=C[C@H]1CC[C@H](/C=C/C#Cc2ccc(CC)cc2F)CC1. The van der Waals surface area contributed by atoms with Crippen LogP contribution in [0.25, 0.3) is 0 Å². The summed E-state index contributed by atoms with van der Waals surface area (Å²) < 4.78 is 13.8. The lowest BCUT2D eigenvalue weighted by atomic mass is 9.82. The quantitative estimate of drug-likeness (QED) is 0.522. The fraction of sp³-hybridized carbons (Fsp3) is 0.400. The van der Waals surface area contributed by atoms with E-state index in [1.807, 2.05) is 19.1 Å². The maximum Gasteiger partial charge on any atom is 0.139 e. The number of allylic oxidation sites excluding steroid dienone is 3. The van der Waals surface area contributed by atoms with Gasteiger partial charge in [-0.15, -0.1) is 6.58 Å². The van der Waals surface area contributed by atoms with E-state index in [1.165, 1.54) is 25.7 Å². The summed E-state index contributed by atoms with van der Waals surface area (Å²) in [5.41, 5.74) is 1.49. The summed E-state index contributed by atoms with van der Waals surface area (Å²) in [4.78, 5) is 0. The second kappa shape index (κ2) is 7.84. The van der Waals surface area contributed by atoms with Crippen LogP contribution in [-0.4, -0.2) is 0 Å². The number of benzene rings is 1. The van der Waals surface area contributed by atoms with E-state index in [2.05, 4.69) is 30.6 Å². The topological polar surface area (TPSA) is 0 Å². The van der Waals surface area contributed by atoms with Crippen molar-refractivity contribution in [2.45, 2.75) is 39.0 Å². The standard InChI is InChI=1S/C20H23F/c1-3-16-9-11-18(12-10-16)7-5-6-8-19-14-13-17(4-2)15-20(19)21/h3,5,7,13-16,18H,1,4,9-12H2,2H3/b7-5+/t16-,18-. The highest BCUT2D eigenvalue weighted by Crippen LogP contribution is 2.29. The van der Waals surface area contributed by atoms with Crippen LogP contribution in [0.2, 0.25) is 0 Å². The average molecular weight is 282 g/mol. The first-order chi connectivity index (χ1) is 10.2. The number of rotatable bonds is 3. The van der Waals surface area contributed by atoms with Gasteiger partial charge in [-0.2, -0.15) is 0 Å². The minimum Gasteiger partial charge on any atom is -0.206 e. The van der Waals surface area contributed by atoms with Gasteiger partial charge in [-0.1, -0.05) is 37.0 Å². The summed E-state index contributed by atoms with van der Waals surface area (Å²) in [6.07, 6.45) is 11.8. The molecule has 1 aliphatic carbocycles. The van der Waals surface area contributed by atoms with Crippen LogP contribution in [0.3, 0.4) is 0 Å². The third-order valence-electron chi connectivity index (χ3n) is 4.25. The van der Waals surface area contributed by atoms with Gasteiger partial charge < -0.3 is 0 Å². The van der Waals surface area contributed by atoms with Gasteiger partial charge in [0.05, 0.1) is 5.56 Å². The van der Waals surface area contributed by atoms with Crippen molar-refractivity contribution in [1.82, 2.24) is 0 Å². The van der Waals surface area contributed by atoms with E-state index in [-0.39, 0.29) is 5.82 Å². The van der Waals surface area contributed by atoms with Crippen LogP contribution in [0.1, 0.15) is 43.7 Å². The summed E-state index contributed by atoms with van der Waals surface area (Å²) in [7, 11) is 0. The molecule has 1 aromatic rings. The Labute approximate surface area is 127 Å². The molecule has 110 valence electrons. The highest BCUT2D eigenvalue weighted by molar-refractivity contribution is 5.39. The summed E-state index contributed by atoms with van der Waals surface area (Å²) in [6, 6.07) is 5.28. The lowest BCUT2D eigenvalue weighted by Crippen LogP contribution is -2.10. The molecule has 1 heteroatoms. The lowest BCUT2D eigenvalue weighted by molar-refractivity contribution is 0.357. The number of hydrogen-bond acceptors (Lipinski definition) is 0. The van der Waals surface area contributed by atoms with Crippen LogP contribution < -0.4 is 0 Å². The largest absolute Gasteiger partial charge is 0.206 e. The fourth-order valence-electron chi connectivity index (χ4n) is 2.76. The van der Waals surface area contributed by atoms with Crippen LogP contribution in [0.5, 0.6) is 0 Å². The summed E-state index contributed by atoms with van der Waals surface area (Å²) >= 11 is 0. The Hall–Kier alpha value is -1.81. The van der Waals surface area contributed by atoms with Crippen LogP contribution in [0.15, 0.2) is 43.0 Å². The number of halogens is 1. The average Bonchev–Trinajstić information content (AvgIpc) is 2.53. The highest BCUT2D eigenvalue weighted by atomic mass is 19.1. The molecule has 0 amide bonds. The zero-order valence-electron chi connectivity index (χ0n) is 12.7. The smallest absolute Gasteiger partial charge is 0.139 e. The Morgan fingerprint density at radius 1 is 1.24 bits per heavy atom. The Morgan fingerprint density at radius 3 is 2.57 bits per heavy atom. The van der Waals surface area contributed by atoms with Crippen LogP contribution in [-0.2, 0) is 6.42 Å². The van der Waals surface area contributed by atoms with Crippen molar-refractivity contribution in [3.63, 3.8) is 0 Å². The van der Waals surface area contributed by atoms with Crippen molar-refractivity contribution in [2.24, 2.45) is 11.8 Å². The first-order valence-electron chi connectivity index (χ1n) is 7.82. The zero-order valence-corrected chi connectivity index (χ0v) is 12.7. The zero-order chi connectivity index (χ0) is 15.1. The van der Waals surface area contributed by atoms with Gasteiger partial charge in [0, 0.05) is 0 Å². The molecular formula is C20H23F. The molecule has 0 spiro atoms. The van der Waals surface area contributed by atoms with Crippen LogP contribution >= 0.6 is 0 Å². The van der Waals surface area contributed by atoms with E-state index in [4.69, 9.17) is 0 Å². The van der Waals surface area contributed by atoms with E-state index >= 15 is 0 Å². The molecule has 1 saturated carbocycles. The molecule has 1 fully saturated rings. The third-order valence-corrected chi connectivity index (χ3v) is 4.25. The minimum atomic E-state index is -0.221. The predicted molar refractivity (Wildman–Crippen MR) is 87.4 cm³/mol. The van der Waals surface area contributed by atoms with E-state index < -0.39 is 0 Å². The molecule has 0 aromatic heterocycles. The van der Waals surface area contributed by atoms with Gasteiger partial charge >= 0.3 is 0 Å². The Morgan fingerprint density at radius 2 is 1.95 bits per heavy atom. The van der Waals surface area contributed by atoms with Gasteiger partial charge in [0.15, 0.2) is 0 Å². The van der Waals surface area contributed by atoms with E-state index in [9.17, 15) is 4.39 Å². The third kappa shape index (κ3) is 4.60.